The topological polar surface area (TPSA) is 143 Å². The van der Waals surface area contributed by atoms with E-state index in [0.29, 0.717) is 0 Å². The van der Waals surface area contributed by atoms with Crippen LogP contribution in [-0.4, -0.2) is 46.3 Å². The molecule has 0 spiro atoms. The van der Waals surface area contributed by atoms with Gasteiger partial charge < -0.3 is 18.9 Å². The maximum absolute atomic E-state index is 12.4. The maximum atomic E-state index is 12.4. The van der Waals surface area contributed by atoms with Crippen LogP contribution in [0.2, 0.25) is 0 Å². The van der Waals surface area contributed by atoms with Crippen molar-refractivity contribution in [1.29, 1.82) is 0 Å². The number of nitrogens with zero attached hydrogens (tertiary/aromatic N) is 1. The molecule has 29 heavy (non-hydrogen) atoms. The van der Waals surface area contributed by atoms with Crippen LogP contribution in [0, 0.1) is 0 Å². The first-order valence-electron chi connectivity index (χ1n) is 8.71. The third kappa shape index (κ3) is 9.70. The standard InChI is InChI=1S/C17H23N2O9P/c1-11(2)25-15(22)27-17(28-16(23)26-12(3)4)29(24)10-6-5-8-19-9-7-13(20)18-14(19)21/h5-7,9,11-12,17H,8,10H2,1-4H3/p+1/b6-5-. The predicted octanol–water partition coefficient (Wildman–Crippen LogP) is 2.33. The van der Waals surface area contributed by atoms with Gasteiger partial charge in [-0.2, -0.15) is 0 Å². The summed E-state index contributed by atoms with van der Waals surface area (Å²) in [5, 5.41) is 0. The quantitative estimate of drug-likeness (QED) is 0.270. The molecule has 1 rings (SSSR count). The number of nitrogens with one attached hydrogen (secondary N) is 1. The van der Waals surface area contributed by atoms with E-state index in [4.69, 9.17) is 18.9 Å². The Balaban J connectivity index is 2.73. The molecule has 1 atom stereocenters. The minimum absolute atomic E-state index is 0.107. The van der Waals surface area contributed by atoms with E-state index >= 15 is 0 Å². The highest BCUT2D eigenvalue weighted by atomic mass is 31.1. The lowest BCUT2D eigenvalue weighted by molar-refractivity contribution is -0.0715. The van der Waals surface area contributed by atoms with Crippen LogP contribution in [0.1, 0.15) is 27.7 Å². The second-order valence-electron chi connectivity index (χ2n) is 6.21. The van der Waals surface area contributed by atoms with Crippen molar-refractivity contribution in [3.05, 3.63) is 45.3 Å². The first-order chi connectivity index (χ1) is 13.6. The highest BCUT2D eigenvalue weighted by Gasteiger charge is 2.38. The van der Waals surface area contributed by atoms with E-state index < -0.39 is 49.6 Å². The summed E-state index contributed by atoms with van der Waals surface area (Å²) >= 11 is 0. The number of hydrogen-bond donors (Lipinski definition) is 1. The Morgan fingerprint density at radius 2 is 1.59 bits per heavy atom. The third-order valence-electron chi connectivity index (χ3n) is 2.94. The summed E-state index contributed by atoms with van der Waals surface area (Å²) in [6.45, 7) is 6.46. The molecule has 1 aromatic heterocycles. The third-order valence-corrected chi connectivity index (χ3v) is 4.20. The Hall–Kier alpha value is -2.94. The molecule has 0 aliphatic heterocycles. The van der Waals surface area contributed by atoms with Gasteiger partial charge in [0.25, 0.3) is 5.56 Å². The van der Waals surface area contributed by atoms with Crippen molar-refractivity contribution in [2.75, 3.05) is 6.16 Å². The molecule has 0 saturated carbocycles. The summed E-state index contributed by atoms with van der Waals surface area (Å²) in [4.78, 5) is 48.0. The number of ether oxygens (including phenoxy) is 4. The molecule has 0 aliphatic carbocycles. The van der Waals surface area contributed by atoms with E-state index in [2.05, 4.69) is 4.98 Å². The van der Waals surface area contributed by atoms with E-state index in [1.165, 1.54) is 29.0 Å². The van der Waals surface area contributed by atoms with Crippen molar-refractivity contribution >= 4 is 20.1 Å². The first kappa shape index (κ1) is 24.1. The molecule has 12 heteroatoms. The van der Waals surface area contributed by atoms with Gasteiger partial charge in [-0.25, -0.2) is 14.4 Å². The van der Waals surface area contributed by atoms with Crippen molar-refractivity contribution in [3.63, 3.8) is 0 Å². The highest BCUT2D eigenvalue weighted by Crippen LogP contribution is 2.31. The van der Waals surface area contributed by atoms with Crippen LogP contribution in [0.15, 0.2) is 34.0 Å². The molecule has 0 radical (unpaired) electrons. The van der Waals surface area contributed by atoms with Crippen molar-refractivity contribution in [3.8, 4) is 0 Å². The molecule has 0 fully saturated rings. The molecule has 1 aromatic rings. The summed E-state index contributed by atoms with van der Waals surface area (Å²) in [7, 11) is -2.38. The number of H-pyrrole nitrogens is 1. The molecule has 1 heterocycles. The van der Waals surface area contributed by atoms with E-state index in [0.717, 1.165) is 0 Å². The second-order valence-corrected chi connectivity index (χ2v) is 7.83. The normalized spacial score (nSPS) is 11.8. The van der Waals surface area contributed by atoms with Crippen molar-refractivity contribution in [1.82, 2.24) is 9.55 Å². The Labute approximate surface area is 167 Å². The van der Waals surface area contributed by atoms with Gasteiger partial charge in [-0.1, -0.05) is 10.6 Å². The lowest BCUT2D eigenvalue weighted by atomic mass is 10.5. The Morgan fingerprint density at radius 3 is 2.07 bits per heavy atom. The molecule has 160 valence electrons. The van der Waals surface area contributed by atoms with Crippen LogP contribution >= 0.6 is 7.80 Å². The number of hydrogen-bond acceptors (Lipinski definition) is 9. The van der Waals surface area contributed by atoms with Crippen LogP contribution in [0.25, 0.3) is 0 Å². The maximum Gasteiger partial charge on any atom is 0.514 e. The van der Waals surface area contributed by atoms with Gasteiger partial charge in [-0.05, 0) is 33.8 Å². The number of aromatic amines is 1. The Bertz CT molecular complexity index is 833. The van der Waals surface area contributed by atoms with Crippen LogP contribution < -0.4 is 11.2 Å². The predicted molar refractivity (Wildman–Crippen MR) is 102 cm³/mol. The van der Waals surface area contributed by atoms with Crippen molar-refractivity contribution in [2.45, 2.75) is 52.5 Å². The van der Waals surface area contributed by atoms with Crippen molar-refractivity contribution < 1.29 is 33.1 Å². The van der Waals surface area contributed by atoms with Gasteiger partial charge in [0.1, 0.15) is 0 Å². The van der Waals surface area contributed by atoms with Crippen LogP contribution in [0.3, 0.4) is 0 Å². The van der Waals surface area contributed by atoms with E-state index in [1.54, 1.807) is 27.7 Å². The van der Waals surface area contributed by atoms with Crippen LogP contribution in [0.5, 0.6) is 0 Å². The van der Waals surface area contributed by atoms with E-state index in [1.807, 2.05) is 0 Å². The molecule has 0 saturated heterocycles. The number of carbonyl (C=O) groups is 2. The summed E-state index contributed by atoms with van der Waals surface area (Å²) in [6, 6.07) is -0.517. The molecule has 0 aliphatic rings. The van der Waals surface area contributed by atoms with Gasteiger partial charge in [-0.3, -0.25) is 14.3 Å². The zero-order valence-corrected chi connectivity index (χ0v) is 17.4. The molecule has 1 unspecified atom stereocenters. The van der Waals surface area contributed by atoms with E-state index in [9.17, 15) is 23.7 Å². The zero-order chi connectivity index (χ0) is 22.0. The molecule has 0 aromatic carbocycles. The van der Waals surface area contributed by atoms with Gasteiger partial charge >= 0.3 is 31.8 Å². The first-order valence-corrected chi connectivity index (χ1v) is 10.2. The number of allylic oxidation sites excluding steroid dienone is 2. The van der Waals surface area contributed by atoms with Gasteiger partial charge in [-0.15, -0.1) is 0 Å². The fourth-order valence-electron chi connectivity index (χ4n) is 1.79. The van der Waals surface area contributed by atoms with Crippen LogP contribution in [-0.2, 0) is 30.1 Å². The average molecular weight is 431 g/mol. The lowest BCUT2D eigenvalue weighted by Gasteiger charge is -2.13. The van der Waals surface area contributed by atoms with Gasteiger partial charge in [0.15, 0.2) is 6.16 Å². The molecule has 0 amide bonds. The summed E-state index contributed by atoms with van der Waals surface area (Å²) in [6.07, 6.45) is 0.898. The highest BCUT2D eigenvalue weighted by molar-refractivity contribution is 7.45. The van der Waals surface area contributed by atoms with Gasteiger partial charge in [0.05, 0.1) is 12.2 Å². The molecular formula is C17H24N2O9P+. The summed E-state index contributed by atoms with van der Waals surface area (Å²) in [5.41, 5.74) is -1.11. The zero-order valence-electron chi connectivity index (χ0n) is 16.5. The average Bonchev–Trinajstić information content (AvgIpc) is 2.58. The molecule has 1 N–H and O–H groups in total. The Morgan fingerprint density at radius 1 is 1.03 bits per heavy atom. The minimum Gasteiger partial charge on any atom is -0.431 e. The smallest absolute Gasteiger partial charge is 0.431 e. The SMILES string of the molecule is CC(C)OC(=O)OC(OC(=O)OC(C)C)[P+](=O)C/C=C\Cn1ccc(=O)[nH]c1=O. The number of aromatic nitrogens is 2. The van der Waals surface area contributed by atoms with E-state index in [-0.39, 0.29) is 12.7 Å². The fourth-order valence-corrected chi connectivity index (χ4v) is 2.72. The summed E-state index contributed by atoms with van der Waals surface area (Å²) in [5.74, 6) is 0. The number of rotatable bonds is 9. The lowest BCUT2D eigenvalue weighted by Crippen LogP contribution is -2.28. The van der Waals surface area contributed by atoms with Gasteiger partial charge in [0.2, 0.25) is 0 Å². The van der Waals surface area contributed by atoms with Crippen LogP contribution in [0.4, 0.5) is 9.59 Å². The monoisotopic (exact) mass is 431 g/mol. The largest absolute Gasteiger partial charge is 0.514 e. The second kappa shape index (κ2) is 11.8. The fraction of sp³-hybridized carbons (Fsp3) is 0.529. The van der Waals surface area contributed by atoms with Crippen molar-refractivity contribution in [2.24, 2.45) is 0 Å². The molecule has 0 bridgehead atoms. The molecular weight excluding hydrogens is 407 g/mol. The Kier molecular flexibility index (Phi) is 9.81. The van der Waals surface area contributed by atoms with Gasteiger partial charge in [0, 0.05) is 18.8 Å². The number of carbonyl (C=O) groups excluding carboxylic acids is 2. The minimum atomic E-state index is -2.38. The molecule has 11 nitrogen and oxygen atoms in total. The summed E-state index contributed by atoms with van der Waals surface area (Å²) < 4.78 is 32.9.